The molecule has 1 aliphatic rings. The van der Waals surface area contributed by atoms with Crippen molar-refractivity contribution in [3.63, 3.8) is 0 Å². The molecule has 0 atom stereocenters. The summed E-state index contributed by atoms with van der Waals surface area (Å²) in [6.45, 7) is 9.36. The van der Waals surface area contributed by atoms with Gasteiger partial charge in [-0.2, -0.15) is 0 Å². The van der Waals surface area contributed by atoms with Gasteiger partial charge in [-0.25, -0.2) is 4.79 Å². The Morgan fingerprint density at radius 3 is 2.71 bits per heavy atom. The second-order valence-corrected chi connectivity index (χ2v) is 5.68. The minimum absolute atomic E-state index is 0.195. The molecule has 3 nitrogen and oxygen atoms in total. The molecule has 0 fully saturated rings. The van der Waals surface area contributed by atoms with Crippen LogP contribution in [0, 0.1) is 0 Å². The van der Waals surface area contributed by atoms with Gasteiger partial charge in [-0.15, -0.1) is 0 Å². The third-order valence-corrected chi connectivity index (χ3v) is 2.75. The highest BCUT2D eigenvalue weighted by atomic mass is 16.6. The Hall–Kier alpha value is -0.990. The fraction of sp³-hybridized carbons (Fsp3) is 0.786. The van der Waals surface area contributed by atoms with Crippen molar-refractivity contribution < 1.29 is 9.53 Å². The zero-order chi connectivity index (χ0) is 12.9. The number of amides is 1. The van der Waals surface area contributed by atoms with Crippen molar-refractivity contribution in [2.24, 2.45) is 0 Å². The van der Waals surface area contributed by atoms with E-state index < -0.39 is 5.60 Å². The molecule has 1 rings (SSSR count). The number of rotatable bonds is 4. The third-order valence-electron chi connectivity index (χ3n) is 2.75. The Morgan fingerprint density at radius 1 is 1.41 bits per heavy atom. The smallest absolute Gasteiger partial charge is 0.410 e. The van der Waals surface area contributed by atoms with Gasteiger partial charge in [0.15, 0.2) is 0 Å². The summed E-state index contributed by atoms with van der Waals surface area (Å²) in [4.78, 5) is 13.6. The van der Waals surface area contributed by atoms with Crippen LogP contribution in [0.5, 0.6) is 0 Å². The molecule has 17 heavy (non-hydrogen) atoms. The molecule has 0 spiro atoms. The number of hydrogen-bond donors (Lipinski definition) is 0. The topological polar surface area (TPSA) is 29.5 Å². The van der Waals surface area contributed by atoms with E-state index in [4.69, 9.17) is 4.74 Å². The first kappa shape index (κ1) is 14.1. The number of ether oxygens (including phenoxy) is 1. The summed E-state index contributed by atoms with van der Waals surface area (Å²) >= 11 is 0. The van der Waals surface area contributed by atoms with E-state index in [1.807, 2.05) is 20.8 Å². The maximum Gasteiger partial charge on any atom is 0.410 e. The number of hydrogen-bond acceptors (Lipinski definition) is 2. The van der Waals surface area contributed by atoms with E-state index in [1.165, 1.54) is 24.8 Å². The van der Waals surface area contributed by atoms with Crippen molar-refractivity contribution in [3.8, 4) is 0 Å². The lowest BCUT2D eigenvalue weighted by molar-refractivity contribution is 0.0301. The molecule has 0 aromatic rings. The van der Waals surface area contributed by atoms with Crippen molar-refractivity contribution in [1.82, 2.24) is 4.90 Å². The third kappa shape index (κ3) is 5.24. The minimum Gasteiger partial charge on any atom is -0.444 e. The summed E-state index contributed by atoms with van der Waals surface area (Å²) in [5, 5.41) is 0. The van der Waals surface area contributed by atoms with Crippen LogP contribution in [0.3, 0.4) is 0 Å². The largest absolute Gasteiger partial charge is 0.444 e. The van der Waals surface area contributed by atoms with Crippen molar-refractivity contribution >= 4 is 6.09 Å². The molecular weight excluding hydrogens is 214 g/mol. The predicted octanol–water partition coefficient (Wildman–Crippen LogP) is 3.74. The van der Waals surface area contributed by atoms with Crippen molar-refractivity contribution in [2.45, 2.75) is 59.0 Å². The van der Waals surface area contributed by atoms with Crippen LogP contribution >= 0.6 is 0 Å². The molecule has 0 aliphatic carbocycles. The van der Waals surface area contributed by atoms with Crippen molar-refractivity contribution in [2.75, 3.05) is 13.1 Å². The number of carbonyl (C=O) groups excluding carboxylic acids is 1. The molecule has 0 N–H and O–H groups in total. The quantitative estimate of drug-likeness (QED) is 0.552. The van der Waals surface area contributed by atoms with Crippen LogP contribution in [0.2, 0.25) is 0 Å². The highest BCUT2D eigenvalue weighted by Gasteiger charge is 2.24. The fourth-order valence-corrected chi connectivity index (χ4v) is 1.86. The summed E-state index contributed by atoms with van der Waals surface area (Å²) in [6, 6.07) is 0. The van der Waals surface area contributed by atoms with E-state index in [1.54, 1.807) is 4.90 Å². The molecule has 0 saturated heterocycles. The van der Waals surface area contributed by atoms with Crippen molar-refractivity contribution in [3.05, 3.63) is 11.6 Å². The van der Waals surface area contributed by atoms with Gasteiger partial charge in [0.2, 0.25) is 0 Å². The Morgan fingerprint density at radius 2 is 2.12 bits per heavy atom. The summed E-state index contributed by atoms with van der Waals surface area (Å²) in [5.41, 5.74) is 0.978. The van der Waals surface area contributed by atoms with E-state index >= 15 is 0 Å². The maximum absolute atomic E-state index is 11.8. The second-order valence-electron chi connectivity index (χ2n) is 5.68. The fourth-order valence-electron chi connectivity index (χ4n) is 1.86. The van der Waals surface area contributed by atoms with E-state index in [0.717, 1.165) is 13.0 Å². The first-order valence-electron chi connectivity index (χ1n) is 6.58. The zero-order valence-corrected chi connectivity index (χ0v) is 11.6. The molecule has 0 bridgehead atoms. The van der Waals surface area contributed by atoms with Crippen LogP contribution < -0.4 is 0 Å². The lowest BCUT2D eigenvalue weighted by atomic mass is 10.1. The Labute approximate surface area is 105 Å². The lowest BCUT2D eigenvalue weighted by Crippen LogP contribution is -2.35. The van der Waals surface area contributed by atoms with E-state index in [2.05, 4.69) is 13.0 Å². The Balaban J connectivity index is 2.30. The van der Waals surface area contributed by atoms with Gasteiger partial charge in [-0.05, 0) is 33.6 Å². The van der Waals surface area contributed by atoms with Gasteiger partial charge in [-0.3, -0.25) is 0 Å². The van der Waals surface area contributed by atoms with Crippen LogP contribution in [-0.2, 0) is 4.74 Å². The molecular formula is C14H25NO2. The monoisotopic (exact) mass is 239 g/mol. The van der Waals surface area contributed by atoms with Crippen LogP contribution in [0.1, 0.15) is 53.4 Å². The molecule has 1 aliphatic heterocycles. The number of nitrogens with zero attached hydrogens (tertiary/aromatic N) is 1. The summed E-state index contributed by atoms with van der Waals surface area (Å²) < 4.78 is 5.35. The normalized spacial score (nSPS) is 16.0. The number of unbranched alkanes of at least 4 members (excludes halogenated alkanes) is 2. The maximum atomic E-state index is 11.8. The zero-order valence-electron chi connectivity index (χ0n) is 11.6. The Bertz CT molecular complexity index is 289. The first-order valence-corrected chi connectivity index (χ1v) is 6.58. The molecule has 0 radical (unpaired) electrons. The summed E-state index contributed by atoms with van der Waals surface area (Å²) in [7, 11) is 0. The van der Waals surface area contributed by atoms with Crippen molar-refractivity contribution in [1.29, 1.82) is 0 Å². The molecule has 3 heteroatoms. The van der Waals surface area contributed by atoms with Gasteiger partial charge in [0.1, 0.15) is 5.60 Å². The highest BCUT2D eigenvalue weighted by Crippen LogP contribution is 2.18. The standard InChI is InChI=1S/C14H25NO2/c1-5-6-7-8-12-9-10-15(11-12)13(16)17-14(2,3)4/h9H,5-8,10-11H2,1-4H3. The highest BCUT2D eigenvalue weighted by molar-refractivity contribution is 5.69. The van der Waals surface area contributed by atoms with Crippen LogP contribution in [-0.4, -0.2) is 29.7 Å². The molecule has 0 unspecified atom stereocenters. The van der Waals surface area contributed by atoms with Gasteiger partial charge >= 0.3 is 6.09 Å². The SMILES string of the molecule is CCCCCC1=CCN(C(=O)OC(C)(C)C)C1. The van der Waals surface area contributed by atoms with Crippen LogP contribution in [0.15, 0.2) is 11.6 Å². The van der Waals surface area contributed by atoms with Gasteiger partial charge in [0.05, 0.1) is 0 Å². The summed E-state index contributed by atoms with van der Waals surface area (Å²) in [5.74, 6) is 0. The van der Waals surface area contributed by atoms with Gasteiger partial charge < -0.3 is 9.64 Å². The predicted molar refractivity (Wildman–Crippen MR) is 70.0 cm³/mol. The van der Waals surface area contributed by atoms with Crippen LogP contribution in [0.4, 0.5) is 4.79 Å². The minimum atomic E-state index is -0.401. The molecule has 98 valence electrons. The molecule has 1 heterocycles. The summed E-state index contributed by atoms with van der Waals surface area (Å²) in [6.07, 6.45) is 6.82. The van der Waals surface area contributed by atoms with Gasteiger partial charge in [0.25, 0.3) is 0 Å². The van der Waals surface area contributed by atoms with Gasteiger partial charge in [-0.1, -0.05) is 31.4 Å². The number of carbonyl (C=O) groups is 1. The Kier molecular flexibility index (Phi) is 5.03. The van der Waals surface area contributed by atoms with E-state index in [-0.39, 0.29) is 6.09 Å². The first-order chi connectivity index (χ1) is 7.92. The molecule has 0 saturated carbocycles. The average molecular weight is 239 g/mol. The molecule has 1 amide bonds. The molecule has 0 aromatic carbocycles. The van der Waals surface area contributed by atoms with Gasteiger partial charge in [0, 0.05) is 13.1 Å². The van der Waals surface area contributed by atoms with E-state index in [0.29, 0.717) is 6.54 Å². The molecule has 0 aromatic heterocycles. The van der Waals surface area contributed by atoms with Crippen LogP contribution in [0.25, 0.3) is 0 Å². The average Bonchev–Trinajstić information content (AvgIpc) is 2.64. The lowest BCUT2D eigenvalue weighted by Gasteiger charge is -2.24. The second kappa shape index (κ2) is 6.08. The van der Waals surface area contributed by atoms with E-state index in [9.17, 15) is 4.79 Å².